The van der Waals surface area contributed by atoms with E-state index in [0.29, 0.717) is 12.8 Å². The van der Waals surface area contributed by atoms with Gasteiger partial charge < -0.3 is 15.3 Å². The predicted octanol–water partition coefficient (Wildman–Crippen LogP) is 3.68. The summed E-state index contributed by atoms with van der Waals surface area (Å²) < 4.78 is 38.3. The van der Waals surface area contributed by atoms with Crippen molar-refractivity contribution in [3.63, 3.8) is 0 Å². The second-order valence-electron chi connectivity index (χ2n) is 6.70. The molecule has 1 fully saturated rings. The summed E-state index contributed by atoms with van der Waals surface area (Å²) in [5.74, 6) is -0.140. The van der Waals surface area contributed by atoms with E-state index >= 15 is 0 Å². The van der Waals surface area contributed by atoms with Crippen LogP contribution in [-0.4, -0.2) is 27.5 Å². The van der Waals surface area contributed by atoms with Gasteiger partial charge in [0, 0.05) is 0 Å². The molecule has 0 spiro atoms. The molecule has 3 nitrogen and oxygen atoms in total. The lowest BCUT2D eigenvalue weighted by Crippen LogP contribution is -2.22. The van der Waals surface area contributed by atoms with E-state index in [9.17, 15) is 28.5 Å². The van der Waals surface area contributed by atoms with Gasteiger partial charge in [0.1, 0.15) is 0 Å². The number of aliphatic hydroxyl groups excluding tert-OH is 3. The van der Waals surface area contributed by atoms with Gasteiger partial charge in [0.15, 0.2) is 0 Å². The van der Waals surface area contributed by atoms with Crippen LogP contribution in [0.5, 0.6) is 0 Å². The average molecular weight is 346 g/mol. The van der Waals surface area contributed by atoms with Crippen molar-refractivity contribution in [1.29, 1.82) is 0 Å². The molecule has 0 saturated heterocycles. The fraction of sp³-hybridized carbons (Fsp3) is 0.667. The van der Waals surface area contributed by atoms with E-state index in [1.807, 2.05) is 6.92 Å². The maximum Gasteiger partial charge on any atom is 0.416 e. The summed E-state index contributed by atoms with van der Waals surface area (Å²) in [6.45, 7) is 2.01. The fourth-order valence-corrected chi connectivity index (χ4v) is 3.75. The Kier molecular flexibility index (Phi) is 6.28. The van der Waals surface area contributed by atoms with Gasteiger partial charge in [-0.15, -0.1) is 0 Å². The number of hydrogen-bond donors (Lipinski definition) is 3. The highest BCUT2D eigenvalue weighted by molar-refractivity contribution is 5.27. The van der Waals surface area contributed by atoms with Gasteiger partial charge in [0.2, 0.25) is 0 Å². The van der Waals surface area contributed by atoms with Gasteiger partial charge in [-0.05, 0) is 55.2 Å². The first-order valence-corrected chi connectivity index (χ1v) is 8.45. The lowest BCUT2D eigenvalue weighted by atomic mass is 9.85. The van der Waals surface area contributed by atoms with Crippen LogP contribution >= 0.6 is 0 Å². The Morgan fingerprint density at radius 1 is 1.12 bits per heavy atom. The van der Waals surface area contributed by atoms with Crippen molar-refractivity contribution in [3.05, 3.63) is 35.4 Å². The Bertz CT molecular complexity index is 532. The molecule has 0 aliphatic heterocycles. The Labute approximate surface area is 140 Å². The van der Waals surface area contributed by atoms with Crippen LogP contribution in [0, 0.1) is 11.8 Å². The average Bonchev–Trinajstić information content (AvgIpc) is 2.78. The summed E-state index contributed by atoms with van der Waals surface area (Å²) in [6.07, 6.45) is -3.87. The Morgan fingerprint density at radius 2 is 1.75 bits per heavy atom. The standard InChI is InChI=1S/C18H25F3O3/c1-2-4-13-14(17(24)10-16(13)23)7-8-15(22)11-5-3-6-12(9-11)18(19,20)21/h3,5-6,9,13-17,22-24H,2,4,7-8,10H2,1H3/t13-,14-,15?,16+,17-/m1/s1. The molecule has 1 unspecified atom stereocenters. The topological polar surface area (TPSA) is 60.7 Å². The second kappa shape index (κ2) is 7.85. The van der Waals surface area contributed by atoms with Crippen molar-refractivity contribution in [1.82, 2.24) is 0 Å². The first-order chi connectivity index (χ1) is 11.2. The van der Waals surface area contributed by atoms with E-state index in [1.54, 1.807) is 0 Å². The van der Waals surface area contributed by atoms with Gasteiger partial charge in [-0.25, -0.2) is 0 Å². The number of hydrogen-bond acceptors (Lipinski definition) is 3. The maximum atomic E-state index is 12.8. The smallest absolute Gasteiger partial charge is 0.393 e. The summed E-state index contributed by atoms with van der Waals surface area (Å²) >= 11 is 0. The van der Waals surface area contributed by atoms with Gasteiger partial charge >= 0.3 is 6.18 Å². The molecule has 0 bridgehead atoms. The van der Waals surface area contributed by atoms with Crippen LogP contribution in [-0.2, 0) is 6.18 Å². The third kappa shape index (κ3) is 4.49. The summed E-state index contributed by atoms with van der Waals surface area (Å²) in [4.78, 5) is 0. The number of aliphatic hydroxyl groups is 3. The molecule has 0 aromatic heterocycles. The minimum Gasteiger partial charge on any atom is -0.393 e. The summed E-state index contributed by atoms with van der Waals surface area (Å²) in [5.41, 5.74) is -0.552. The highest BCUT2D eigenvalue weighted by atomic mass is 19.4. The molecule has 0 heterocycles. The molecular weight excluding hydrogens is 321 g/mol. The minimum absolute atomic E-state index is 0.0151. The minimum atomic E-state index is -4.44. The highest BCUT2D eigenvalue weighted by Crippen LogP contribution is 2.40. The molecule has 1 aliphatic carbocycles. The van der Waals surface area contributed by atoms with E-state index in [2.05, 4.69) is 0 Å². The molecule has 2 rings (SSSR count). The van der Waals surface area contributed by atoms with Gasteiger partial charge in [-0.3, -0.25) is 0 Å². The zero-order valence-electron chi connectivity index (χ0n) is 13.7. The van der Waals surface area contributed by atoms with Crippen LogP contribution in [0.1, 0.15) is 56.3 Å². The summed E-state index contributed by atoms with van der Waals surface area (Å²) in [5, 5.41) is 30.3. The molecule has 0 radical (unpaired) electrons. The van der Waals surface area contributed by atoms with Crippen LogP contribution in [0.15, 0.2) is 24.3 Å². The van der Waals surface area contributed by atoms with Crippen molar-refractivity contribution in [3.8, 4) is 0 Å². The van der Waals surface area contributed by atoms with Crippen LogP contribution in [0.2, 0.25) is 0 Å². The predicted molar refractivity (Wildman–Crippen MR) is 84.2 cm³/mol. The first kappa shape index (κ1) is 19.2. The number of alkyl halides is 3. The van der Waals surface area contributed by atoms with Crippen LogP contribution in [0.4, 0.5) is 13.2 Å². The molecule has 0 amide bonds. The molecule has 1 aromatic rings. The van der Waals surface area contributed by atoms with Crippen LogP contribution in [0.3, 0.4) is 0 Å². The normalized spacial score (nSPS) is 29.0. The van der Waals surface area contributed by atoms with E-state index in [4.69, 9.17) is 0 Å². The zero-order chi connectivity index (χ0) is 17.9. The van der Waals surface area contributed by atoms with Crippen molar-refractivity contribution >= 4 is 0 Å². The summed E-state index contributed by atoms with van der Waals surface area (Å²) in [6, 6.07) is 4.71. The number of benzene rings is 1. The maximum absolute atomic E-state index is 12.8. The lowest BCUT2D eigenvalue weighted by molar-refractivity contribution is -0.137. The van der Waals surface area contributed by atoms with E-state index < -0.39 is 30.1 Å². The van der Waals surface area contributed by atoms with Crippen LogP contribution in [0.25, 0.3) is 0 Å². The second-order valence-corrected chi connectivity index (χ2v) is 6.70. The molecular formula is C18H25F3O3. The molecule has 1 saturated carbocycles. The monoisotopic (exact) mass is 346 g/mol. The summed E-state index contributed by atoms with van der Waals surface area (Å²) in [7, 11) is 0. The molecule has 24 heavy (non-hydrogen) atoms. The highest BCUT2D eigenvalue weighted by Gasteiger charge is 2.40. The van der Waals surface area contributed by atoms with Gasteiger partial charge in [-0.2, -0.15) is 13.2 Å². The third-order valence-corrected chi connectivity index (χ3v) is 5.02. The lowest BCUT2D eigenvalue weighted by Gasteiger charge is -2.24. The first-order valence-electron chi connectivity index (χ1n) is 8.45. The van der Waals surface area contributed by atoms with Gasteiger partial charge in [0.05, 0.1) is 23.9 Å². The Morgan fingerprint density at radius 3 is 2.33 bits per heavy atom. The van der Waals surface area contributed by atoms with E-state index in [0.717, 1.165) is 25.0 Å². The SMILES string of the molecule is CCC[C@@H]1[C@@H](CCC(O)c2cccc(C(F)(F)F)c2)[C@H](O)C[C@@H]1O. The fourth-order valence-electron chi connectivity index (χ4n) is 3.75. The quantitative estimate of drug-likeness (QED) is 0.736. The molecule has 1 aliphatic rings. The van der Waals surface area contributed by atoms with E-state index in [-0.39, 0.29) is 23.8 Å². The van der Waals surface area contributed by atoms with Gasteiger partial charge in [-0.1, -0.05) is 25.5 Å². The third-order valence-electron chi connectivity index (χ3n) is 5.02. The number of halogens is 3. The molecule has 1 aromatic carbocycles. The van der Waals surface area contributed by atoms with Gasteiger partial charge in [0.25, 0.3) is 0 Å². The Balaban J connectivity index is 2.01. The Hall–Kier alpha value is -1.11. The molecule has 136 valence electrons. The van der Waals surface area contributed by atoms with Crippen molar-refractivity contribution in [2.24, 2.45) is 11.8 Å². The zero-order valence-corrected chi connectivity index (χ0v) is 13.7. The molecule has 6 heteroatoms. The largest absolute Gasteiger partial charge is 0.416 e. The van der Waals surface area contributed by atoms with Crippen LogP contribution < -0.4 is 0 Å². The van der Waals surface area contributed by atoms with E-state index in [1.165, 1.54) is 12.1 Å². The van der Waals surface area contributed by atoms with Crippen molar-refractivity contribution < 1.29 is 28.5 Å². The molecule has 3 N–H and O–H groups in total. The number of rotatable bonds is 6. The molecule has 5 atom stereocenters. The van der Waals surface area contributed by atoms with Crippen molar-refractivity contribution in [2.75, 3.05) is 0 Å². The van der Waals surface area contributed by atoms with Crippen molar-refractivity contribution in [2.45, 2.75) is 63.5 Å².